The minimum Gasteiger partial charge on any atom is -0.508 e. The minimum absolute atomic E-state index is 0.368. The van der Waals surface area contributed by atoms with Crippen molar-refractivity contribution < 1.29 is 9.84 Å². The van der Waals surface area contributed by atoms with E-state index in [1.54, 1.807) is 6.07 Å². The zero-order chi connectivity index (χ0) is 9.52. The Kier molecular flexibility index (Phi) is 3.82. The van der Waals surface area contributed by atoms with Crippen LogP contribution in [0, 0.1) is 6.92 Å². The summed E-state index contributed by atoms with van der Waals surface area (Å²) in [7, 11) is 0. The number of aliphatic imine (C=N–C) groups is 1. The molecule has 0 aromatic heterocycles. The van der Waals surface area contributed by atoms with Gasteiger partial charge in [0.1, 0.15) is 12.4 Å². The van der Waals surface area contributed by atoms with Gasteiger partial charge < -0.3 is 9.84 Å². The normalized spacial score (nSPS) is 13.0. The summed E-state index contributed by atoms with van der Waals surface area (Å²) in [5, 5.41) is 8.92. The summed E-state index contributed by atoms with van der Waals surface area (Å²) in [4.78, 5) is 3.74. The van der Waals surface area contributed by atoms with Gasteiger partial charge in [0.2, 0.25) is 0 Å². The Labute approximate surface area is 77.7 Å². The molecule has 0 radical (unpaired) electrons. The quantitative estimate of drug-likeness (QED) is 0.659. The van der Waals surface area contributed by atoms with Crippen LogP contribution >= 0.6 is 0 Å². The van der Waals surface area contributed by atoms with E-state index in [9.17, 15) is 0 Å². The Morgan fingerprint density at radius 2 is 2.15 bits per heavy atom. The lowest BCUT2D eigenvalue weighted by Crippen LogP contribution is -1.80. The number of rotatable bonds is 0. The van der Waals surface area contributed by atoms with E-state index >= 15 is 0 Å². The van der Waals surface area contributed by atoms with Gasteiger partial charge in [0.25, 0.3) is 0 Å². The first-order valence-electron chi connectivity index (χ1n) is 4.15. The summed E-state index contributed by atoms with van der Waals surface area (Å²) in [6.07, 6.45) is 1.49. The monoisotopic (exact) mass is 179 g/mol. The first-order chi connectivity index (χ1) is 6.30. The first-order valence-corrected chi connectivity index (χ1v) is 4.15. The van der Waals surface area contributed by atoms with E-state index in [0.29, 0.717) is 5.75 Å². The van der Waals surface area contributed by atoms with Gasteiger partial charge in [0.15, 0.2) is 6.40 Å². The molecule has 1 N–H and O–H groups in total. The van der Waals surface area contributed by atoms with Gasteiger partial charge in [-0.2, -0.15) is 0 Å². The van der Waals surface area contributed by atoms with Crippen molar-refractivity contribution in [2.24, 2.45) is 4.99 Å². The van der Waals surface area contributed by atoms with Crippen LogP contribution in [0.25, 0.3) is 0 Å². The van der Waals surface area contributed by atoms with E-state index in [0.717, 1.165) is 18.7 Å². The van der Waals surface area contributed by atoms with Crippen LogP contribution in [0.4, 0.5) is 0 Å². The van der Waals surface area contributed by atoms with E-state index in [2.05, 4.69) is 9.73 Å². The number of hydrogen-bond acceptors (Lipinski definition) is 3. The molecule has 3 heteroatoms. The van der Waals surface area contributed by atoms with Crippen molar-refractivity contribution in [1.29, 1.82) is 0 Å². The van der Waals surface area contributed by atoms with Crippen molar-refractivity contribution in [1.82, 2.24) is 0 Å². The summed E-state index contributed by atoms with van der Waals surface area (Å²) < 4.78 is 4.65. The molecule has 0 aliphatic carbocycles. The van der Waals surface area contributed by atoms with Crippen LogP contribution in [0.3, 0.4) is 0 Å². The summed E-state index contributed by atoms with van der Waals surface area (Å²) in [6.45, 7) is 3.50. The Hall–Kier alpha value is -1.51. The second kappa shape index (κ2) is 5.19. The molecule has 13 heavy (non-hydrogen) atoms. The molecule has 0 fully saturated rings. The molecule has 1 aromatic rings. The fourth-order valence-corrected chi connectivity index (χ4v) is 0.827. The van der Waals surface area contributed by atoms with Gasteiger partial charge in [-0.1, -0.05) is 18.2 Å². The van der Waals surface area contributed by atoms with Gasteiger partial charge in [-0.3, -0.25) is 4.99 Å². The largest absolute Gasteiger partial charge is 0.508 e. The SMILES string of the molecule is C1=NCCO1.Cc1ccccc1O. The molecule has 0 unspecified atom stereocenters. The molecule has 1 heterocycles. The van der Waals surface area contributed by atoms with Gasteiger partial charge in [-0.05, 0) is 18.6 Å². The summed E-state index contributed by atoms with van der Waals surface area (Å²) in [6, 6.07) is 7.25. The van der Waals surface area contributed by atoms with Gasteiger partial charge in [0.05, 0.1) is 6.54 Å². The fraction of sp³-hybridized carbons (Fsp3) is 0.300. The molecule has 0 bridgehead atoms. The lowest BCUT2D eigenvalue weighted by Gasteiger charge is -1.92. The third-order valence-corrected chi connectivity index (χ3v) is 1.60. The maximum absolute atomic E-state index is 8.92. The summed E-state index contributed by atoms with van der Waals surface area (Å²) in [5.41, 5.74) is 0.924. The summed E-state index contributed by atoms with van der Waals surface area (Å²) >= 11 is 0. The molecule has 70 valence electrons. The van der Waals surface area contributed by atoms with Crippen molar-refractivity contribution >= 4 is 6.40 Å². The Morgan fingerprint density at radius 3 is 2.46 bits per heavy atom. The van der Waals surface area contributed by atoms with Crippen LogP contribution < -0.4 is 0 Å². The lowest BCUT2D eigenvalue weighted by molar-refractivity contribution is 0.361. The maximum atomic E-state index is 8.92. The Morgan fingerprint density at radius 1 is 1.38 bits per heavy atom. The highest BCUT2D eigenvalue weighted by Gasteiger charge is 1.87. The number of hydrogen-bond donors (Lipinski definition) is 1. The third kappa shape index (κ3) is 3.60. The maximum Gasteiger partial charge on any atom is 0.169 e. The highest BCUT2D eigenvalue weighted by molar-refractivity contribution is 5.47. The number of phenols is 1. The molecule has 1 aromatic carbocycles. The van der Waals surface area contributed by atoms with Gasteiger partial charge in [0, 0.05) is 0 Å². The van der Waals surface area contributed by atoms with Crippen LogP contribution in [0.2, 0.25) is 0 Å². The van der Waals surface area contributed by atoms with Crippen LogP contribution in [0.15, 0.2) is 29.3 Å². The van der Waals surface area contributed by atoms with E-state index < -0.39 is 0 Å². The lowest BCUT2D eigenvalue weighted by atomic mass is 10.2. The molecular weight excluding hydrogens is 166 g/mol. The first kappa shape index (κ1) is 9.58. The molecule has 1 aliphatic rings. The Bertz CT molecular complexity index is 257. The molecule has 0 saturated carbocycles. The number of phenolic OH excluding ortho intramolecular Hbond substituents is 1. The number of ether oxygens (including phenoxy) is 1. The number of nitrogens with zero attached hydrogens (tertiary/aromatic N) is 1. The second-order valence-electron chi connectivity index (χ2n) is 2.67. The molecule has 0 saturated heterocycles. The number of benzene rings is 1. The van der Waals surface area contributed by atoms with Crippen LogP contribution in [-0.2, 0) is 4.74 Å². The average Bonchev–Trinajstić information content (AvgIpc) is 2.68. The molecule has 0 amide bonds. The second-order valence-corrected chi connectivity index (χ2v) is 2.67. The fourth-order valence-electron chi connectivity index (χ4n) is 0.827. The molecule has 0 spiro atoms. The van der Waals surface area contributed by atoms with Crippen LogP contribution in [-0.4, -0.2) is 24.7 Å². The van der Waals surface area contributed by atoms with Crippen molar-refractivity contribution in [2.45, 2.75) is 6.92 Å². The van der Waals surface area contributed by atoms with Gasteiger partial charge in [-0.25, -0.2) is 0 Å². The number of aryl methyl sites for hydroxylation is 1. The smallest absolute Gasteiger partial charge is 0.169 e. The predicted molar refractivity (Wildman–Crippen MR) is 52.2 cm³/mol. The van der Waals surface area contributed by atoms with Crippen molar-refractivity contribution in [2.75, 3.05) is 13.2 Å². The van der Waals surface area contributed by atoms with E-state index in [1.807, 2.05) is 25.1 Å². The minimum atomic E-state index is 0.368. The highest BCUT2D eigenvalue weighted by Crippen LogP contribution is 2.12. The Balaban J connectivity index is 0.000000145. The van der Waals surface area contributed by atoms with Gasteiger partial charge in [-0.15, -0.1) is 0 Å². The zero-order valence-corrected chi connectivity index (χ0v) is 7.60. The molecular formula is C10H13NO2. The van der Waals surface area contributed by atoms with Crippen LogP contribution in [0.5, 0.6) is 5.75 Å². The predicted octanol–water partition coefficient (Wildman–Crippen LogP) is 1.75. The van der Waals surface area contributed by atoms with E-state index in [-0.39, 0.29) is 0 Å². The molecule has 1 aliphatic heterocycles. The number of aromatic hydroxyl groups is 1. The van der Waals surface area contributed by atoms with Crippen molar-refractivity contribution in [3.05, 3.63) is 29.8 Å². The van der Waals surface area contributed by atoms with E-state index in [1.165, 1.54) is 6.40 Å². The van der Waals surface area contributed by atoms with Crippen molar-refractivity contribution in [3.8, 4) is 5.75 Å². The third-order valence-electron chi connectivity index (χ3n) is 1.60. The van der Waals surface area contributed by atoms with Crippen molar-refractivity contribution in [3.63, 3.8) is 0 Å². The standard InChI is InChI=1S/C7H8O.C3H5NO/c1-6-4-2-3-5-7(6)8;1-2-5-3-4-1/h2-5,8H,1H3;3H,1-2H2. The molecule has 0 atom stereocenters. The molecule has 2 rings (SSSR count). The molecule has 3 nitrogen and oxygen atoms in total. The average molecular weight is 179 g/mol. The zero-order valence-electron chi connectivity index (χ0n) is 7.60. The van der Waals surface area contributed by atoms with Gasteiger partial charge >= 0.3 is 0 Å². The topological polar surface area (TPSA) is 41.8 Å². The summed E-state index contributed by atoms with van der Waals surface area (Å²) in [5.74, 6) is 0.368. The van der Waals surface area contributed by atoms with E-state index in [4.69, 9.17) is 5.11 Å². The highest BCUT2D eigenvalue weighted by atomic mass is 16.5. The number of para-hydroxylation sites is 1. The van der Waals surface area contributed by atoms with Crippen LogP contribution in [0.1, 0.15) is 5.56 Å².